The van der Waals surface area contributed by atoms with Gasteiger partial charge in [-0.05, 0) is 6.07 Å². The molecule has 1 aromatic rings. The van der Waals surface area contributed by atoms with Crippen LogP contribution in [0.4, 0.5) is 13.2 Å². The van der Waals surface area contributed by atoms with E-state index in [1.165, 1.54) is 0 Å². The average molecular weight is 186 g/mol. The minimum Gasteiger partial charge on any atom is -0.254 e. The van der Waals surface area contributed by atoms with E-state index in [4.69, 9.17) is 5.26 Å². The molecule has 1 rings (SSSR count). The van der Waals surface area contributed by atoms with Crippen LogP contribution in [0.3, 0.4) is 0 Å². The lowest BCUT2D eigenvalue weighted by Crippen LogP contribution is -1.95. The number of hydrogen-bond donors (Lipinski definition) is 0. The molecule has 0 atom stereocenters. The molecule has 5 heteroatoms. The first-order valence-corrected chi connectivity index (χ1v) is 3.42. The first kappa shape index (κ1) is 9.52. The SMILES string of the molecule is N#Cc1cnc(C(F)F)cc1CF. The van der Waals surface area contributed by atoms with Crippen molar-refractivity contribution in [3.8, 4) is 6.07 Å². The van der Waals surface area contributed by atoms with Crippen LogP contribution >= 0.6 is 0 Å². The highest BCUT2D eigenvalue weighted by Gasteiger charge is 2.11. The van der Waals surface area contributed by atoms with E-state index < -0.39 is 18.8 Å². The van der Waals surface area contributed by atoms with Crippen LogP contribution in [-0.2, 0) is 6.67 Å². The highest BCUT2D eigenvalue weighted by atomic mass is 19.3. The van der Waals surface area contributed by atoms with Gasteiger partial charge in [-0.25, -0.2) is 13.2 Å². The predicted molar refractivity (Wildman–Crippen MR) is 38.7 cm³/mol. The highest BCUT2D eigenvalue weighted by Crippen LogP contribution is 2.19. The van der Waals surface area contributed by atoms with E-state index in [1.807, 2.05) is 0 Å². The van der Waals surface area contributed by atoms with Crippen molar-refractivity contribution in [1.82, 2.24) is 4.98 Å². The highest BCUT2D eigenvalue weighted by molar-refractivity contribution is 5.36. The van der Waals surface area contributed by atoms with Gasteiger partial charge in [-0.3, -0.25) is 4.98 Å². The van der Waals surface area contributed by atoms with Crippen molar-refractivity contribution in [2.75, 3.05) is 0 Å². The lowest BCUT2D eigenvalue weighted by Gasteiger charge is -2.01. The Balaban J connectivity index is 3.15. The fraction of sp³-hybridized carbons (Fsp3) is 0.250. The van der Waals surface area contributed by atoms with Crippen LogP contribution in [0.15, 0.2) is 12.3 Å². The predicted octanol–water partition coefficient (Wildman–Crippen LogP) is 2.36. The normalized spacial score (nSPS) is 10.1. The fourth-order valence-corrected chi connectivity index (χ4v) is 0.846. The maximum absolute atomic E-state index is 12.2. The second kappa shape index (κ2) is 3.90. The molecule has 0 saturated carbocycles. The zero-order valence-electron chi connectivity index (χ0n) is 6.47. The van der Waals surface area contributed by atoms with Gasteiger partial charge in [-0.1, -0.05) is 0 Å². The van der Waals surface area contributed by atoms with Crippen molar-refractivity contribution in [2.45, 2.75) is 13.1 Å². The molecule has 68 valence electrons. The summed E-state index contributed by atoms with van der Waals surface area (Å²) >= 11 is 0. The monoisotopic (exact) mass is 186 g/mol. The number of nitriles is 1. The van der Waals surface area contributed by atoms with Gasteiger partial charge in [0, 0.05) is 11.8 Å². The van der Waals surface area contributed by atoms with E-state index in [0.717, 1.165) is 12.3 Å². The van der Waals surface area contributed by atoms with Crippen molar-refractivity contribution < 1.29 is 13.2 Å². The Hall–Kier alpha value is -1.57. The minimum absolute atomic E-state index is 0.00750. The molecular weight excluding hydrogens is 181 g/mol. The molecule has 0 N–H and O–H groups in total. The summed E-state index contributed by atoms with van der Waals surface area (Å²) in [4.78, 5) is 3.32. The zero-order valence-corrected chi connectivity index (χ0v) is 6.47. The minimum atomic E-state index is -2.74. The second-order valence-electron chi connectivity index (χ2n) is 2.31. The fourth-order valence-electron chi connectivity index (χ4n) is 0.846. The summed E-state index contributed by atoms with van der Waals surface area (Å²) in [6.45, 7) is -0.939. The Morgan fingerprint density at radius 1 is 1.54 bits per heavy atom. The maximum Gasteiger partial charge on any atom is 0.280 e. The van der Waals surface area contributed by atoms with Crippen LogP contribution in [0.1, 0.15) is 23.2 Å². The van der Waals surface area contributed by atoms with Crippen LogP contribution in [0.25, 0.3) is 0 Å². The van der Waals surface area contributed by atoms with Crippen LogP contribution in [0, 0.1) is 11.3 Å². The quantitative estimate of drug-likeness (QED) is 0.710. The Labute approximate surface area is 72.6 Å². The number of halogens is 3. The van der Waals surface area contributed by atoms with Crippen molar-refractivity contribution in [3.05, 3.63) is 29.1 Å². The van der Waals surface area contributed by atoms with Crippen molar-refractivity contribution in [1.29, 1.82) is 5.26 Å². The first-order valence-electron chi connectivity index (χ1n) is 3.42. The molecule has 0 aliphatic rings. The number of alkyl halides is 3. The van der Waals surface area contributed by atoms with Gasteiger partial charge >= 0.3 is 0 Å². The number of aromatic nitrogens is 1. The summed E-state index contributed by atoms with van der Waals surface area (Å²) in [6, 6.07) is 2.57. The van der Waals surface area contributed by atoms with E-state index in [0.29, 0.717) is 0 Å². The third-order valence-electron chi connectivity index (χ3n) is 1.50. The van der Waals surface area contributed by atoms with E-state index in [1.54, 1.807) is 6.07 Å². The Morgan fingerprint density at radius 2 is 2.23 bits per heavy atom. The maximum atomic E-state index is 12.2. The molecular formula is C8H5F3N2. The van der Waals surface area contributed by atoms with Gasteiger partial charge in [0.25, 0.3) is 6.43 Å². The summed E-state index contributed by atoms with van der Waals surface area (Å²) in [5, 5.41) is 8.43. The summed E-state index contributed by atoms with van der Waals surface area (Å²) in [5.41, 5.74) is -0.564. The van der Waals surface area contributed by atoms with Gasteiger partial charge in [0.1, 0.15) is 18.4 Å². The van der Waals surface area contributed by atoms with E-state index in [-0.39, 0.29) is 11.1 Å². The van der Waals surface area contributed by atoms with Crippen molar-refractivity contribution >= 4 is 0 Å². The molecule has 0 aliphatic carbocycles. The summed E-state index contributed by atoms with van der Waals surface area (Å²) in [7, 11) is 0. The third-order valence-corrected chi connectivity index (χ3v) is 1.50. The number of pyridine rings is 1. The molecule has 0 aliphatic heterocycles. The summed E-state index contributed by atoms with van der Waals surface area (Å²) < 4.78 is 36.3. The molecule has 0 saturated heterocycles. The lowest BCUT2D eigenvalue weighted by molar-refractivity contribution is 0.146. The molecule has 0 fully saturated rings. The largest absolute Gasteiger partial charge is 0.280 e. The number of nitrogens with zero attached hydrogens (tertiary/aromatic N) is 2. The lowest BCUT2D eigenvalue weighted by atomic mass is 10.1. The van der Waals surface area contributed by atoms with E-state index in [9.17, 15) is 13.2 Å². The Morgan fingerprint density at radius 3 is 2.69 bits per heavy atom. The number of rotatable bonds is 2. The van der Waals surface area contributed by atoms with Crippen LogP contribution in [0.2, 0.25) is 0 Å². The van der Waals surface area contributed by atoms with E-state index in [2.05, 4.69) is 4.98 Å². The molecule has 0 radical (unpaired) electrons. The summed E-state index contributed by atoms with van der Waals surface area (Å²) in [5.74, 6) is 0. The topological polar surface area (TPSA) is 36.7 Å². The van der Waals surface area contributed by atoms with Gasteiger partial charge in [0.05, 0.1) is 5.56 Å². The summed E-state index contributed by atoms with van der Waals surface area (Å²) in [6.07, 6.45) is -1.78. The van der Waals surface area contributed by atoms with Gasteiger partial charge in [-0.15, -0.1) is 0 Å². The molecule has 0 unspecified atom stereocenters. The van der Waals surface area contributed by atoms with Crippen LogP contribution in [0.5, 0.6) is 0 Å². The van der Waals surface area contributed by atoms with Gasteiger partial charge in [0.2, 0.25) is 0 Å². The Kier molecular flexibility index (Phi) is 2.85. The zero-order chi connectivity index (χ0) is 9.84. The molecule has 2 nitrogen and oxygen atoms in total. The van der Waals surface area contributed by atoms with Gasteiger partial charge in [-0.2, -0.15) is 5.26 Å². The van der Waals surface area contributed by atoms with E-state index >= 15 is 0 Å². The van der Waals surface area contributed by atoms with Crippen LogP contribution in [-0.4, -0.2) is 4.98 Å². The van der Waals surface area contributed by atoms with Crippen LogP contribution < -0.4 is 0 Å². The molecule has 1 aromatic heterocycles. The van der Waals surface area contributed by atoms with Gasteiger partial charge in [0.15, 0.2) is 0 Å². The Bertz CT molecular complexity index is 344. The molecule has 1 heterocycles. The molecule has 0 bridgehead atoms. The van der Waals surface area contributed by atoms with Gasteiger partial charge < -0.3 is 0 Å². The first-order chi connectivity index (χ1) is 6.19. The number of hydrogen-bond acceptors (Lipinski definition) is 2. The average Bonchev–Trinajstić information content (AvgIpc) is 2.16. The van der Waals surface area contributed by atoms with Crippen molar-refractivity contribution in [2.24, 2.45) is 0 Å². The standard InChI is InChI=1S/C8H5F3N2/c9-2-5-1-7(8(10)11)13-4-6(5)3-12/h1,4,8H,2H2. The molecule has 0 spiro atoms. The third kappa shape index (κ3) is 1.96. The molecule has 0 aromatic carbocycles. The van der Waals surface area contributed by atoms with Crippen molar-refractivity contribution in [3.63, 3.8) is 0 Å². The molecule has 13 heavy (non-hydrogen) atoms. The second-order valence-corrected chi connectivity index (χ2v) is 2.31. The smallest absolute Gasteiger partial charge is 0.254 e. The molecule has 0 amide bonds.